The molecule has 0 nitrogen and oxygen atoms in total. The van der Waals surface area contributed by atoms with E-state index in [2.05, 4.69) is 88.2 Å². The van der Waals surface area contributed by atoms with Crippen LogP contribution in [-0.4, -0.2) is 4.21 Å². The first-order valence-corrected chi connectivity index (χ1v) is 17.7. The van der Waals surface area contributed by atoms with Gasteiger partial charge in [-0.25, -0.2) is 29.2 Å². The van der Waals surface area contributed by atoms with E-state index in [0.29, 0.717) is 5.41 Å². The Bertz CT molecular complexity index is 1160. The molecule has 2 aromatic carbocycles. The van der Waals surface area contributed by atoms with Crippen LogP contribution in [0, 0.1) is 67.1 Å². The van der Waals surface area contributed by atoms with Gasteiger partial charge in [-0.05, 0) is 37.5 Å². The van der Waals surface area contributed by atoms with Crippen LogP contribution in [0.4, 0.5) is 0 Å². The Morgan fingerprint density at radius 3 is 2.02 bits per heavy atom. The van der Waals surface area contributed by atoms with Gasteiger partial charge in [-0.1, -0.05) is 82.8 Å². The summed E-state index contributed by atoms with van der Waals surface area (Å²) in [6, 6.07) is 21.7. The summed E-state index contributed by atoms with van der Waals surface area (Å²) in [6.07, 6.45) is 22.6. The van der Waals surface area contributed by atoms with Crippen LogP contribution in [0.1, 0.15) is 90.2 Å². The third-order valence-electron chi connectivity index (χ3n) is 10.1. The second kappa shape index (κ2) is 20.7. The third-order valence-corrected chi connectivity index (χ3v) is 10.1. The number of hydrogen-bond acceptors (Lipinski definition) is 0. The molecule has 4 atom stereocenters. The van der Waals surface area contributed by atoms with E-state index < -0.39 is 0 Å². The molecule has 0 N–H and O–H groups in total. The monoisotopic (exact) mass is 706 g/mol. The number of aryl methyl sites for hydroxylation is 2. The molecule has 0 aromatic heterocycles. The van der Waals surface area contributed by atoms with Crippen LogP contribution in [0.25, 0.3) is 0 Å². The third kappa shape index (κ3) is 11.1. The summed E-state index contributed by atoms with van der Waals surface area (Å²) in [5.74, 6) is 5.32. The molecule has 2 saturated carbocycles. The molecule has 5 aliphatic carbocycles. The number of rotatable bonds is 0. The molecular formula is C41H54Cl2Zr-4. The van der Waals surface area contributed by atoms with Gasteiger partial charge in [0, 0.05) is 0 Å². The molecule has 0 amide bonds. The Balaban J connectivity index is 0.000000346. The van der Waals surface area contributed by atoms with Crippen LogP contribution in [0.15, 0.2) is 89.6 Å². The number of halogens is 2. The fourth-order valence-corrected chi connectivity index (χ4v) is 7.20. The van der Waals surface area contributed by atoms with Crippen molar-refractivity contribution >= 4 is 29.0 Å². The molecule has 0 heterocycles. The van der Waals surface area contributed by atoms with E-state index in [1.54, 1.807) is 5.92 Å². The van der Waals surface area contributed by atoms with Crippen LogP contribution in [0.5, 0.6) is 0 Å². The topological polar surface area (TPSA) is 0 Å². The van der Waals surface area contributed by atoms with Crippen molar-refractivity contribution in [1.29, 1.82) is 0 Å². The molecule has 2 fully saturated rings. The van der Waals surface area contributed by atoms with E-state index in [1.807, 2.05) is 65.3 Å². The van der Waals surface area contributed by atoms with Crippen molar-refractivity contribution < 1.29 is 24.2 Å². The summed E-state index contributed by atoms with van der Waals surface area (Å²) in [5, 5.41) is 0. The Hall–Kier alpha value is -1.40. The van der Waals surface area contributed by atoms with Gasteiger partial charge in [0.05, 0.1) is 0 Å². The van der Waals surface area contributed by atoms with E-state index in [0.717, 1.165) is 30.1 Å². The maximum atomic E-state index is 3.34. The molecule has 7 rings (SSSR count). The van der Waals surface area contributed by atoms with Crippen molar-refractivity contribution in [2.24, 2.45) is 29.1 Å². The van der Waals surface area contributed by atoms with E-state index >= 15 is 0 Å². The average molecular weight is 709 g/mol. The van der Waals surface area contributed by atoms with Crippen molar-refractivity contribution in [1.82, 2.24) is 0 Å². The number of hydrogen-bond donors (Lipinski definition) is 0. The van der Waals surface area contributed by atoms with Crippen molar-refractivity contribution in [3.8, 4) is 0 Å². The molecule has 2 aromatic rings. The summed E-state index contributed by atoms with van der Waals surface area (Å²) in [7, 11) is 0. The molecule has 0 saturated heterocycles. The predicted molar refractivity (Wildman–Crippen MR) is 193 cm³/mol. The van der Waals surface area contributed by atoms with Gasteiger partial charge in [0.2, 0.25) is 0 Å². The van der Waals surface area contributed by atoms with Crippen LogP contribution in [0.3, 0.4) is 0 Å². The van der Waals surface area contributed by atoms with Crippen molar-refractivity contribution in [2.75, 3.05) is 0 Å². The standard InChI is InChI=1S/C21H31.2C7H7.C5H5.CH2.2ClH.Zr/c1-13-11-16-9-10-18-17-8-6-5-7-15(17)12-19(18)20(16)14(2)21(13,3)4;2*1-7-5-3-2-4-6-7;1-2-4-5-3-1;;;;/h7,13,16-18H,5-6,8-12H2,1-4H3;2*2-3,5-6H,1H3;1-3H,4H2;1H2;2*1H;/q4*-1;;;;. The summed E-state index contributed by atoms with van der Waals surface area (Å²) in [5.41, 5.74) is 8.50. The minimum atomic E-state index is 0. The van der Waals surface area contributed by atoms with Crippen LogP contribution < -0.4 is 0 Å². The Kier molecular flexibility index (Phi) is 19.1. The summed E-state index contributed by atoms with van der Waals surface area (Å²) < 4.78 is 3.34. The zero-order valence-corrected chi connectivity index (χ0v) is 32.0. The van der Waals surface area contributed by atoms with Crippen molar-refractivity contribution in [2.45, 2.75) is 92.9 Å². The molecule has 0 spiro atoms. The molecule has 3 heteroatoms. The van der Waals surface area contributed by atoms with Gasteiger partial charge in [-0.2, -0.15) is 77.9 Å². The average Bonchev–Trinajstić information content (AvgIpc) is 3.71. The molecule has 5 aliphatic rings. The molecule has 44 heavy (non-hydrogen) atoms. The number of fused-ring (bicyclic) bond motifs is 4. The Morgan fingerprint density at radius 1 is 0.932 bits per heavy atom. The molecular weight excluding hydrogens is 655 g/mol. The van der Waals surface area contributed by atoms with E-state index in [4.69, 9.17) is 0 Å². The fraction of sp³-hybridized carbons (Fsp3) is 0.463. The molecule has 0 radical (unpaired) electrons. The number of benzene rings is 2. The normalized spacial score (nSPS) is 24.6. The second-order valence-electron chi connectivity index (χ2n) is 13.0. The summed E-state index contributed by atoms with van der Waals surface area (Å²) in [4.78, 5) is 0. The predicted octanol–water partition coefficient (Wildman–Crippen LogP) is 11.8. The minimum absolute atomic E-state index is 0. The molecule has 0 aliphatic heterocycles. The first-order chi connectivity index (χ1) is 20.3. The van der Waals surface area contributed by atoms with Gasteiger partial charge in [0.15, 0.2) is 0 Å². The number of allylic oxidation sites excluding steroid dienone is 8. The van der Waals surface area contributed by atoms with Crippen LogP contribution in [-0.2, 0) is 24.2 Å². The Labute approximate surface area is 298 Å². The van der Waals surface area contributed by atoms with Gasteiger partial charge < -0.3 is 0 Å². The van der Waals surface area contributed by atoms with Crippen LogP contribution >= 0.6 is 24.8 Å². The van der Waals surface area contributed by atoms with Gasteiger partial charge in [0.1, 0.15) is 0 Å². The van der Waals surface area contributed by atoms with Crippen molar-refractivity contribution in [3.63, 3.8) is 0 Å². The fourth-order valence-electron chi connectivity index (χ4n) is 7.20. The Morgan fingerprint density at radius 2 is 1.57 bits per heavy atom. The summed E-state index contributed by atoms with van der Waals surface area (Å²) >= 11 is 1.30. The van der Waals surface area contributed by atoms with Gasteiger partial charge in [-0.15, -0.1) is 38.2 Å². The quantitative estimate of drug-likeness (QED) is 0.189. The maximum absolute atomic E-state index is 3.34. The zero-order valence-electron chi connectivity index (χ0n) is 27.9. The van der Waals surface area contributed by atoms with Crippen LogP contribution in [0.2, 0.25) is 0 Å². The first-order valence-electron chi connectivity index (χ1n) is 16.0. The molecule has 4 unspecified atom stereocenters. The molecule has 0 bridgehead atoms. The molecule has 240 valence electrons. The second-order valence-corrected chi connectivity index (χ2v) is 13.0. The van der Waals surface area contributed by atoms with E-state index in [-0.39, 0.29) is 24.8 Å². The van der Waals surface area contributed by atoms with E-state index in [9.17, 15) is 0 Å². The van der Waals surface area contributed by atoms with E-state index in [1.165, 1.54) is 80.3 Å². The van der Waals surface area contributed by atoms with Gasteiger partial charge in [0.25, 0.3) is 0 Å². The van der Waals surface area contributed by atoms with Gasteiger partial charge >= 0.3 is 28.4 Å². The zero-order chi connectivity index (χ0) is 30.5. The van der Waals surface area contributed by atoms with Gasteiger partial charge in [-0.3, -0.25) is 6.08 Å². The SMILES string of the molecule is C[C-]1C2=C3CC4=CCCCC4C3CCC2CC(C)C1(C)C.Cc1c[c-]ccc1.Cc1c[c-]ccc1.Cl.Cl.[C-]1=CC=CC1.[CH2]=[Zr]. The first kappa shape index (κ1) is 40.6. The van der Waals surface area contributed by atoms with Crippen molar-refractivity contribution in [3.05, 3.63) is 125 Å². The summed E-state index contributed by atoms with van der Waals surface area (Å²) in [6.45, 7) is 14.0.